The topological polar surface area (TPSA) is 55.2 Å². The molecular formula is C21H22ClN3O2S. The largest absolute Gasteiger partial charge is 0.308 e. The minimum Gasteiger partial charge on any atom is -0.308 e. The number of hydrogen-bond donors (Lipinski definition) is 0. The van der Waals surface area contributed by atoms with Gasteiger partial charge >= 0.3 is 0 Å². The zero-order valence-electron chi connectivity index (χ0n) is 16.0. The zero-order chi connectivity index (χ0) is 19.8. The van der Waals surface area contributed by atoms with Crippen molar-refractivity contribution < 1.29 is 4.79 Å². The number of rotatable bonds is 3. The fourth-order valence-corrected chi connectivity index (χ4v) is 5.15. The summed E-state index contributed by atoms with van der Waals surface area (Å²) in [7, 11) is 0. The summed E-state index contributed by atoms with van der Waals surface area (Å²) in [6.07, 6.45) is 3.97. The first-order chi connectivity index (χ1) is 13.5. The van der Waals surface area contributed by atoms with E-state index < -0.39 is 0 Å². The Morgan fingerprint density at radius 3 is 2.89 bits per heavy atom. The number of aryl methyl sites for hydroxylation is 2. The van der Waals surface area contributed by atoms with E-state index in [4.69, 9.17) is 16.6 Å². The number of thiophene rings is 1. The van der Waals surface area contributed by atoms with Crippen LogP contribution in [0.15, 0.2) is 29.1 Å². The maximum absolute atomic E-state index is 13.3. The lowest BCUT2D eigenvalue weighted by Gasteiger charge is -2.21. The molecule has 1 aliphatic heterocycles. The third-order valence-electron chi connectivity index (χ3n) is 5.29. The van der Waals surface area contributed by atoms with Gasteiger partial charge < -0.3 is 4.90 Å². The van der Waals surface area contributed by atoms with Gasteiger partial charge in [0.25, 0.3) is 11.5 Å². The molecule has 5 nitrogen and oxygen atoms in total. The SMILES string of the molecule is CCN(C(=O)c1sc2nc3n(c(=O)c2c1C)CCCCC3)c1cccc(Cl)c1. The van der Waals surface area contributed by atoms with Gasteiger partial charge in [-0.05, 0) is 50.5 Å². The van der Waals surface area contributed by atoms with Crippen LogP contribution in [0.1, 0.15) is 47.2 Å². The standard InChI is InChI=1S/C21H22ClN3O2S/c1-3-24(15-9-7-8-14(22)12-15)21(27)18-13(2)17-19(28-18)23-16-10-5-4-6-11-25(16)20(17)26/h7-9,12H,3-6,10-11H2,1-2H3. The first-order valence-corrected chi connectivity index (χ1v) is 10.8. The predicted molar refractivity (Wildman–Crippen MR) is 115 cm³/mol. The summed E-state index contributed by atoms with van der Waals surface area (Å²) >= 11 is 7.43. The van der Waals surface area contributed by atoms with Crippen LogP contribution in [0.4, 0.5) is 5.69 Å². The van der Waals surface area contributed by atoms with Crippen LogP contribution >= 0.6 is 22.9 Å². The van der Waals surface area contributed by atoms with Crippen molar-refractivity contribution in [3.8, 4) is 0 Å². The van der Waals surface area contributed by atoms with E-state index in [0.29, 0.717) is 33.2 Å². The second-order valence-corrected chi connectivity index (χ2v) is 8.50. The van der Waals surface area contributed by atoms with E-state index in [1.54, 1.807) is 21.6 Å². The van der Waals surface area contributed by atoms with Gasteiger partial charge in [-0.2, -0.15) is 0 Å². The van der Waals surface area contributed by atoms with Crippen LogP contribution in [-0.2, 0) is 13.0 Å². The highest BCUT2D eigenvalue weighted by Crippen LogP contribution is 2.31. The van der Waals surface area contributed by atoms with Crippen LogP contribution in [0.25, 0.3) is 10.2 Å². The van der Waals surface area contributed by atoms with Gasteiger partial charge in [-0.3, -0.25) is 14.2 Å². The third-order valence-corrected chi connectivity index (χ3v) is 6.70. The predicted octanol–water partition coefficient (Wildman–Crippen LogP) is 4.81. The van der Waals surface area contributed by atoms with Crippen LogP contribution in [0.3, 0.4) is 0 Å². The molecule has 0 bridgehead atoms. The van der Waals surface area contributed by atoms with Gasteiger partial charge in [0.1, 0.15) is 10.7 Å². The molecule has 146 valence electrons. The molecule has 3 aromatic rings. The molecule has 0 aliphatic carbocycles. The summed E-state index contributed by atoms with van der Waals surface area (Å²) in [5.41, 5.74) is 1.46. The Balaban J connectivity index is 1.82. The summed E-state index contributed by atoms with van der Waals surface area (Å²) in [5, 5.41) is 1.17. The van der Waals surface area contributed by atoms with Crippen LogP contribution < -0.4 is 10.5 Å². The molecule has 1 aliphatic rings. The molecule has 28 heavy (non-hydrogen) atoms. The van der Waals surface area contributed by atoms with E-state index in [2.05, 4.69) is 0 Å². The number of nitrogens with zero attached hydrogens (tertiary/aromatic N) is 3. The number of amides is 1. The molecule has 0 saturated carbocycles. The summed E-state index contributed by atoms with van der Waals surface area (Å²) in [4.78, 5) is 34.1. The highest BCUT2D eigenvalue weighted by molar-refractivity contribution is 7.20. The molecule has 1 aromatic carbocycles. The fourth-order valence-electron chi connectivity index (χ4n) is 3.82. The second-order valence-electron chi connectivity index (χ2n) is 7.06. The van der Waals surface area contributed by atoms with E-state index in [-0.39, 0.29) is 11.5 Å². The Labute approximate surface area is 172 Å². The molecule has 0 atom stereocenters. The van der Waals surface area contributed by atoms with Gasteiger partial charge in [0, 0.05) is 30.2 Å². The van der Waals surface area contributed by atoms with E-state index >= 15 is 0 Å². The normalized spacial score (nSPS) is 14.0. The number of anilines is 1. The smallest absolute Gasteiger partial charge is 0.268 e. The van der Waals surface area contributed by atoms with Crippen LogP contribution in [0.5, 0.6) is 0 Å². The molecule has 0 spiro atoms. The van der Waals surface area contributed by atoms with Gasteiger partial charge in [-0.15, -0.1) is 11.3 Å². The van der Waals surface area contributed by atoms with Crippen molar-refractivity contribution in [1.82, 2.24) is 9.55 Å². The lowest BCUT2D eigenvalue weighted by atomic mass is 10.2. The second kappa shape index (κ2) is 7.68. The number of aromatic nitrogens is 2. The highest BCUT2D eigenvalue weighted by Gasteiger charge is 2.25. The van der Waals surface area contributed by atoms with Gasteiger partial charge in [-0.25, -0.2) is 4.98 Å². The minimum absolute atomic E-state index is 0.0134. The van der Waals surface area contributed by atoms with E-state index in [1.165, 1.54) is 11.3 Å². The Morgan fingerprint density at radius 2 is 2.14 bits per heavy atom. The van der Waals surface area contributed by atoms with Crippen LogP contribution in [-0.4, -0.2) is 22.0 Å². The number of benzene rings is 1. The molecule has 0 saturated heterocycles. The summed E-state index contributed by atoms with van der Waals surface area (Å²) in [5.74, 6) is 0.724. The maximum atomic E-state index is 13.3. The number of hydrogen-bond acceptors (Lipinski definition) is 4. The molecule has 2 aromatic heterocycles. The van der Waals surface area contributed by atoms with E-state index in [1.807, 2.05) is 26.0 Å². The molecule has 7 heteroatoms. The highest BCUT2D eigenvalue weighted by atomic mass is 35.5. The molecule has 1 amide bonds. The molecule has 0 N–H and O–H groups in total. The maximum Gasteiger partial charge on any atom is 0.268 e. The van der Waals surface area contributed by atoms with Gasteiger partial charge in [0.05, 0.1) is 10.3 Å². The zero-order valence-corrected chi connectivity index (χ0v) is 17.6. The molecule has 0 fully saturated rings. The first kappa shape index (κ1) is 19.2. The molecular weight excluding hydrogens is 394 g/mol. The Kier molecular flexibility index (Phi) is 5.25. The third kappa shape index (κ3) is 3.25. The van der Waals surface area contributed by atoms with Gasteiger partial charge in [0.15, 0.2) is 0 Å². The van der Waals surface area contributed by atoms with Crippen LogP contribution in [0, 0.1) is 6.92 Å². The van der Waals surface area contributed by atoms with Crippen molar-refractivity contribution in [3.63, 3.8) is 0 Å². The van der Waals surface area contributed by atoms with E-state index in [0.717, 1.165) is 42.8 Å². The average molecular weight is 416 g/mol. The average Bonchev–Trinajstić information content (AvgIpc) is 2.84. The monoisotopic (exact) mass is 415 g/mol. The molecule has 0 radical (unpaired) electrons. The lowest BCUT2D eigenvalue weighted by Crippen LogP contribution is -2.30. The van der Waals surface area contributed by atoms with E-state index in [9.17, 15) is 9.59 Å². The van der Waals surface area contributed by atoms with Crippen molar-refractivity contribution in [2.24, 2.45) is 0 Å². The van der Waals surface area contributed by atoms with Crippen molar-refractivity contribution in [3.05, 3.63) is 55.9 Å². The minimum atomic E-state index is -0.120. The molecule has 3 heterocycles. The van der Waals surface area contributed by atoms with Crippen molar-refractivity contribution >= 4 is 44.7 Å². The van der Waals surface area contributed by atoms with Crippen molar-refractivity contribution in [1.29, 1.82) is 0 Å². The summed E-state index contributed by atoms with van der Waals surface area (Å²) in [6.45, 7) is 5.00. The summed E-state index contributed by atoms with van der Waals surface area (Å²) < 4.78 is 1.80. The van der Waals surface area contributed by atoms with Crippen molar-refractivity contribution in [2.75, 3.05) is 11.4 Å². The molecule has 0 unspecified atom stereocenters. The fraction of sp³-hybridized carbons (Fsp3) is 0.381. The lowest BCUT2D eigenvalue weighted by molar-refractivity contribution is 0.0992. The molecule has 4 rings (SSSR count). The quantitative estimate of drug-likeness (QED) is 0.616. The number of carbonyl (C=O) groups excluding carboxylic acids is 1. The Morgan fingerprint density at radius 1 is 1.32 bits per heavy atom. The number of fused-ring (bicyclic) bond motifs is 2. The van der Waals surface area contributed by atoms with Gasteiger partial charge in [-0.1, -0.05) is 24.1 Å². The number of halogens is 1. The van der Waals surface area contributed by atoms with Crippen molar-refractivity contribution in [2.45, 2.75) is 46.1 Å². The van der Waals surface area contributed by atoms with Crippen LogP contribution in [0.2, 0.25) is 5.02 Å². The Hall–Kier alpha value is -2.18. The summed E-state index contributed by atoms with van der Waals surface area (Å²) in [6, 6.07) is 7.26. The first-order valence-electron chi connectivity index (χ1n) is 9.61. The number of carbonyl (C=O) groups is 1. The van der Waals surface area contributed by atoms with Gasteiger partial charge in [0.2, 0.25) is 0 Å². The Bertz CT molecular complexity index is 1120.